The Morgan fingerprint density at radius 2 is 1.74 bits per heavy atom. The number of nitrogens with one attached hydrogen (secondary N) is 1. The molecule has 0 amide bonds. The quantitative estimate of drug-likeness (QED) is 0.896. The van der Waals surface area contributed by atoms with Crippen LogP contribution in [0.1, 0.15) is 44.7 Å². The first-order valence-electron chi connectivity index (χ1n) is 7.59. The van der Waals surface area contributed by atoms with Crippen LogP contribution in [0.4, 0.5) is 0 Å². The number of nitrogens with zero attached hydrogens (tertiary/aromatic N) is 1. The highest BCUT2D eigenvalue weighted by molar-refractivity contribution is 5.30. The second-order valence-electron chi connectivity index (χ2n) is 7.21. The number of rotatable bonds is 3. The van der Waals surface area contributed by atoms with Gasteiger partial charge in [0.05, 0.1) is 0 Å². The Hall–Kier alpha value is -0.860. The van der Waals surface area contributed by atoms with Gasteiger partial charge in [0.2, 0.25) is 0 Å². The zero-order chi connectivity index (χ0) is 13.5. The summed E-state index contributed by atoms with van der Waals surface area (Å²) >= 11 is 0. The summed E-state index contributed by atoms with van der Waals surface area (Å²) in [5, 5.41) is 3.67. The molecule has 2 aliphatic rings. The predicted octanol–water partition coefficient (Wildman–Crippen LogP) is 3.17. The van der Waals surface area contributed by atoms with Gasteiger partial charge in [-0.1, -0.05) is 24.3 Å². The molecule has 0 radical (unpaired) electrons. The summed E-state index contributed by atoms with van der Waals surface area (Å²) in [7, 11) is 0. The van der Waals surface area contributed by atoms with E-state index in [1.165, 1.54) is 30.5 Å². The number of hydrogen-bond donors (Lipinski definition) is 1. The van der Waals surface area contributed by atoms with Gasteiger partial charge < -0.3 is 5.32 Å². The van der Waals surface area contributed by atoms with Gasteiger partial charge in [-0.2, -0.15) is 0 Å². The molecule has 3 rings (SSSR count). The lowest BCUT2D eigenvalue weighted by atomic mass is 9.78. The molecule has 1 saturated carbocycles. The maximum absolute atomic E-state index is 3.67. The first kappa shape index (κ1) is 13.1. The van der Waals surface area contributed by atoms with E-state index in [-0.39, 0.29) is 5.54 Å². The molecule has 1 aliphatic heterocycles. The van der Waals surface area contributed by atoms with Crippen molar-refractivity contribution in [2.75, 3.05) is 6.54 Å². The van der Waals surface area contributed by atoms with Gasteiger partial charge in [-0.15, -0.1) is 0 Å². The summed E-state index contributed by atoms with van der Waals surface area (Å²) in [5.41, 5.74) is 3.32. The van der Waals surface area contributed by atoms with Crippen LogP contribution in [0.3, 0.4) is 0 Å². The molecular formula is C17H26N2. The van der Waals surface area contributed by atoms with Crippen molar-refractivity contribution < 1.29 is 0 Å². The number of benzene rings is 1. The van der Waals surface area contributed by atoms with Gasteiger partial charge in [-0.25, -0.2) is 0 Å². The minimum atomic E-state index is 0.244. The Labute approximate surface area is 117 Å². The Morgan fingerprint density at radius 1 is 1.11 bits per heavy atom. The van der Waals surface area contributed by atoms with Crippen LogP contribution in [0.15, 0.2) is 24.3 Å². The number of hydrogen-bond acceptors (Lipinski definition) is 2. The largest absolute Gasteiger partial charge is 0.312 e. The lowest BCUT2D eigenvalue weighted by molar-refractivity contribution is 0.0557. The van der Waals surface area contributed by atoms with E-state index in [9.17, 15) is 0 Å². The van der Waals surface area contributed by atoms with Crippen LogP contribution in [-0.4, -0.2) is 23.0 Å². The van der Waals surface area contributed by atoms with Crippen molar-refractivity contribution in [3.63, 3.8) is 0 Å². The van der Waals surface area contributed by atoms with Gasteiger partial charge in [0.1, 0.15) is 0 Å². The molecule has 0 spiro atoms. The van der Waals surface area contributed by atoms with Crippen molar-refractivity contribution in [3.8, 4) is 0 Å². The molecule has 1 aromatic rings. The van der Waals surface area contributed by atoms with Crippen LogP contribution in [-0.2, 0) is 13.1 Å². The van der Waals surface area contributed by atoms with E-state index >= 15 is 0 Å². The van der Waals surface area contributed by atoms with Crippen LogP contribution in [0.25, 0.3) is 0 Å². The Kier molecular flexibility index (Phi) is 3.40. The lowest BCUT2D eigenvalue weighted by Crippen LogP contribution is -2.51. The third-order valence-corrected chi connectivity index (χ3v) is 4.61. The topological polar surface area (TPSA) is 15.3 Å². The van der Waals surface area contributed by atoms with Crippen LogP contribution in [0, 0.1) is 5.92 Å². The molecule has 2 atom stereocenters. The van der Waals surface area contributed by atoms with Gasteiger partial charge in [-0.3, -0.25) is 4.90 Å². The minimum Gasteiger partial charge on any atom is -0.312 e. The van der Waals surface area contributed by atoms with Gasteiger partial charge in [0.25, 0.3) is 0 Å². The molecule has 2 nitrogen and oxygen atoms in total. The fraction of sp³-hybridized carbons (Fsp3) is 0.647. The summed E-state index contributed by atoms with van der Waals surface area (Å²) in [5.74, 6) is 0.841. The zero-order valence-corrected chi connectivity index (χ0v) is 12.4. The molecule has 1 heterocycles. The highest BCUT2D eigenvalue weighted by Gasteiger charge is 2.37. The molecule has 1 aliphatic carbocycles. The predicted molar refractivity (Wildman–Crippen MR) is 80.0 cm³/mol. The highest BCUT2D eigenvalue weighted by Crippen LogP contribution is 2.37. The highest BCUT2D eigenvalue weighted by atomic mass is 15.2. The first-order valence-corrected chi connectivity index (χ1v) is 7.59. The fourth-order valence-corrected chi connectivity index (χ4v) is 3.30. The molecule has 2 unspecified atom stereocenters. The lowest BCUT2D eigenvalue weighted by Gasteiger charge is -2.44. The fourth-order valence-electron chi connectivity index (χ4n) is 3.30. The Bertz CT molecular complexity index is 422. The van der Waals surface area contributed by atoms with Crippen molar-refractivity contribution >= 4 is 0 Å². The first-order chi connectivity index (χ1) is 9.03. The van der Waals surface area contributed by atoms with E-state index in [2.05, 4.69) is 55.3 Å². The van der Waals surface area contributed by atoms with Crippen molar-refractivity contribution in [1.82, 2.24) is 10.2 Å². The molecule has 1 fully saturated rings. The van der Waals surface area contributed by atoms with E-state index in [1.54, 1.807) is 0 Å². The second-order valence-corrected chi connectivity index (χ2v) is 7.21. The average molecular weight is 258 g/mol. The summed E-state index contributed by atoms with van der Waals surface area (Å²) in [6.07, 6.45) is 2.77. The van der Waals surface area contributed by atoms with Crippen molar-refractivity contribution in [2.24, 2.45) is 5.92 Å². The molecular weight excluding hydrogens is 232 g/mol. The molecule has 0 aromatic heterocycles. The minimum absolute atomic E-state index is 0.244. The van der Waals surface area contributed by atoms with Crippen LogP contribution < -0.4 is 5.32 Å². The third kappa shape index (κ3) is 2.85. The normalized spacial score (nSPS) is 27.1. The molecule has 1 N–H and O–H groups in total. The summed E-state index contributed by atoms with van der Waals surface area (Å²) in [6.45, 7) is 10.3. The molecule has 19 heavy (non-hydrogen) atoms. The molecule has 0 saturated heterocycles. The maximum atomic E-state index is 3.67. The van der Waals surface area contributed by atoms with Crippen LogP contribution >= 0.6 is 0 Å². The van der Waals surface area contributed by atoms with Crippen molar-refractivity contribution in [3.05, 3.63) is 35.4 Å². The molecule has 104 valence electrons. The Morgan fingerprint density at radius 3 is 2.21 bits per heavy atom. The molecule has 1 aromatic carbocycles. The van der Waals surface area contributed by atoms with E-state index in [0.717, 1.165) is 25.0 Å². The van der Waals surface area contributed by atoms with Crippen molar-refractivity contribution in [2.45, 2.75) is 58.3 Å². The van der Waals surface area contributed by atoms with Crippen molar-refractivity contribution in [1.29, 1.82) is 0 Å². The summed E-state index contributed by atoms with van der Waals surface area (Å²) in [6, 6.07) is 9.71. The van der Waals surface area contributed by atoms with Crippen LogP contribution in [0.2, 0.25) is 0 Å². The van der Waals surface area contributed by atoms with Gasteiger partial charge in [0.15, 0.2) is 0 Å². The molecule has 0 bridgehead atoms. The monoisotopic (exact) mass is 258 g/mol. The van der Waals surface area contributed by atoms with Crippen LogP contribution in [0.5, 0.6) is 0 Å². The summed E-state index contributed by atoms with van der Waals surface area (Å²) in [4.78, 5) is 2.68. The van der Waals surface area contributed by atoms with E-state index in [1.807, 2.05) is 0 Å². The van der Waals surface area contributed by atoms with E-state index in [0.29, 0.717) is 0 Å². The van der Waals surface area contributed by atoms with Gasteiger partial charge in [0, 0.05) is 24.7 Å². The average Bonchev–Trinajstić information content (AvgIpc) is 2.68. The Balaban J connectivity index is 1.57. The smallest absolute Gasteiger partial charge is 0.0243 e. The maximum Gasteiger partial charge on any atom is 0.0243 e. The second kappa shape index (κ2) is 4.92. The standard InChI is InChI=1S/C17H26N2/c1-17(2,3)18-10-13-8-9-16(13)19-11-14-6-4-5-7-15(14)12-19/h4-7,13,16,18H,8-12H2,1-3H3. The van der Waals surface area contributed by atoms with Gasteiger partial charge in [-0.05, 0) is 57.2 Å². The van der Waals surface area contributed by atoms with E-state index in [4.69, 9.17) is 0 Å². The zero-order valence-electron chi connectivity index (χ0n) is 12.4. The molecule has 2 heteroatoms. The van der Waals surface area contributed by atoms with E-state index < -0.39 is 0 Å². The van der Waals surface area contributed by atoms with Gasteiger partial charge >= 0.3 is 0 Å². The third-order valence-electron chi connectivity index (χ3n) is 4.61. The SMILES string of the molecule is CC(C)(C)NCC1CCC1N1Cc2ccccc2C1. The number of fused-ring (bicyclic) bond motifs is 1. The summed E-state index contributed by atoms with van der Waals surface area (Å²) < 4.78 is 0.